The van der Waals surface area contributed by atoms with E-state index >= 15 is 0 Å². The zero-order chi connectivity index (χ0) is 11.1. The number of terminal acetylenes is 1. The monoisotopic (exact) mass is 223 g/mol. The first-order valence-corrected chi connectivity index (χ1v) is 5.34. The summed E-state index contributed by atoms with van der Waals surface area (Å²) in [5.74, 6) is 3.36. The van der Waals surface area contributed by atoms with Crippen molar-refractivity contribution in [2.24, 2.45) is 0 Å². The van der Waals surface area contributed by atoms with E-state index in [1.165, 1.54) is 6.33 Å². The largest absolute Gasteiger partial charge is 0.369 e. The minimum absolute atomic E-state index is 0.523. The lowest BCUT2D eigenvalue weighted by molar-refractivity contribution is 0.897. The van der Waals surface area contributed by atoms with Gasteiger partial charge in [0.25, 0.3) is 0 Å². The van der Waals surface area contributed by atoms with Crippen molar-refractivity contribution in [1.82, 2.24) is 9.97 Å². The van der Waals surface area contributed by atoms with Gasteiger partial charge in [-0.25, -0.2) is 9.97 Å². The highest BCUT2D eigenvalue weighted by Crippen LogP contribution is 2.21. The van der Waals surface area contributed by atoms with Crippen LogP contribution in [0.5, 0.6) is 0 Å². The second kappa shape index (κ2) is 6.26. The third kappa shape index (κ3) is 3.41. The van der Waals surface area contributed by atoms with E-state index in [9.17, 15) is 0 Å². The van der Waals surface area contributed by atoms with Crippen molar-refractivity contribution < 1.29 is 0 Å². The van der Waals surface area contributed by atoms with Crippen molar-refractivity contribution in [2.75, 3.05) is 11.9 Å². The first-order valence-electron chi connectivity index (χ1n) is 4.96. The van der Waals surface area contributed by atoms with Gasteiger partial charge in [0.1, 0.15) is 17.3 Å². The van der Waals surface area contributed by atoms with E-state index in [0.29, 0.717) is 18.1 Å². The third-order valence-corrected chi connectivity index (χ3v) is 2.28. The molecule has 0 radical (unpaired) electrons. The predicted octanol–water partition coefficient (Wildman–Crippen LogP) is 2.52. The van der Waals surface area contributed by atoms with Crippen LogP contribution in [-0.2, 0) is 6.42 Å². The van der Waals surface area contributed by atoms with Crippen LogP contribution in [0.1, 0.15) is 25.3 Å². The smallest absolute Gasteiger partial charge is 0.137 e. The molecule has 0 fully saturated rings. The highest BCUT2D eigenvalue weighted by atomic mass is 35.5. The van der Waals surface area contributed by atoms with Gasteiger partial charge in [-0.15, -0.1) is 12.3 Å². The molecule has 0 spiro atoms. The first kappa shape index (κ1) is 11.8. The molecule has 0 saturated carbocycles. The van der Waals surface area contributed by atoms with E-state index in [2.05, 4.69) is 28.1 Å². The number of hydrogen-bond donors (Lipinski definition) is 1. The van der Waals surface area contributed by atoms with Crippen molar-refractivity contribution in [3.8, 4) is 12.3 Å². The van der Waals surface area contributed by atoms with Gasteiger partial charge in [-0.1, -0.05) is 24.9 Å². The van der Waals surface area contributed by atoms with Crippen LogP contribution in [-0.4, -0.2) is 16.5 Å². The van der Waals surface area contributed by atoms with Crippen molar-refractivity contribution in [3.63, 3.8) is 0 Å². The van der Waals surface area contributed by atoms with Crippen molar-refractivity contribution in [1.29, 1.82) is 0 Å². The molecule has 1 N–H and O–H groups in total. The van der Waals surface area contributed by atoms with Crippen LogP contribution in [0.3, 0.4) is 0 Å². The summed E-state index contributed by atoms with van der Waals surface area (Å²) in [5, 5.41) is 3.68. The van der Waals surface area contributed by atoms with E-state index in [1.54, 1.807) is 0 Å². The second-order valence-corrected chi connectivity index (χ2v) is 3.48. The van der Waals surface area contributed by atoms with Crippen LogP contribution in [0.2, 0.25) is 5.15 Å². The molecule has 0 aromatic carbocycles. The fourth-order valence-corrected chi connectivity index (χ4v) is 1.50. The summed E-state index contributed by atoms with van der Waals surface area (Å²) in [6.07, 6.45) is 9.19. The molecule has 1 aromatic heterocycles. The van der Waals surface area contributed by atoms with Gasteiger partial charge in [-0.05, 0) is 6.42 Å². The first-order chi connectivity index (χ1) is 7.29. The van der Waals surface area contributed by atoms with Gasteiger partial charge in [0.15, 0.2) is 0 Å². The summed E-state index contributed by atoms with van der Waals surface area (Å²) in [7, 11) is 0. The van der Waals surface area contributed by atoms with Crippen LogP contribution in [0.15, 0.2) is 6.33 Å². The van der Waals surface area contributed by atoms with Crippen LogP contribution < -0.4 is 5.32 Å². The summed E-state index contributed by atoms with van der Waals surface area (Å²) >= 11 is 5.99. The van der Waals surface area contributed by atoms with E-state index in [1.807, 2.05) is 0 Å². The zero-order valence-corrected chi connectivity index (χ0v) is 9.51. The average Bonchev–Trinajstić information content (AvgIpc) is 2.23. The lowest BCUT2D eigenvalue weighted by atomic mass is 10.2. The molecule has 0 amide bonds. The molecule has 0 unspecified atom stereocenters. The van der Waals surface area contributed by atoms with Gasteiger partial charge < -0.3 is 5.32 Å². The topological polar surface area (TPSA) is 37.8 Å². The van der Waals surface area contributed by atoms with Gasteiger partial charge in [0.05, 0.1) is 0 Å². The maximum atomic E-state index is 5.99. The SMILES string of the molecule is C#CCCNc1ncnc(Cl)c1CCC. The molecule has 1 aromatic rings. The Morgan fingerprint density at radius 3 is 3.00 bits per heavy atom. The Kier molecular flexibility index (Phi) is 4.92. The van der Waals surface area contributed by atoms with Crippen LogP contribution in [0.4, 0.5) is 5.82 Å². The fourth-order valence-electron chi connectivity index (χ4n) is 1.27. The molecule has 4 heteroatoms. The van der Waals surface area contributed by atoms with Gasteiger partial charge in [-0.3, -0.25) is 0 Å². The quantitative estimate of drug-likeness (QED) is 0.474. The molecular formula is C11H14ClN3. The Balaban J connectivity index is 2.77. The third-order valence-electron chi connectivity index (χ3n) is 1.95. The predicted molar refractivity (Wildman–Crippen MR) is 63.0 cm³/mol. The number of nitrogens with one attached hydrogen (secondary N) is 1. The molecule has 80 valence electrons. The standard InChI is InChI=1S/C11H14ClN3/c1-3-5-7-13-11-9(6-4-2)10(12)14-8-15-11/h1,8H,4-7H2,2H3,(H,13,14,15). The lowest BCUT2D eigenvalue weighted by Gasteiger charge is -2.09. The Hall–Kier alpha value is -1.27. The maximum absolute atomic E-state index is 5.99. The molecule has 0 aliphatic rings. The van der Waals surface area contributed by atoms with Crippen molar-refractivity contribution in [2.45, 2.75) is 26.2 Å². The lowest BCUT2D eigenvalue weighted by Crippen LogP contribution is -2.06. The van der Waals surface area contributed by atoms with Crippen molar-refractivity contribution in [3.05, 3.63) is 17.0 Å². The summed E-state index contributed by atoms with van der Waals surface area (Å²) in [6, 6.07) is 0. The molecule has 3 nitrogen and oxygen atoms in total. The minimum Gasteiger partial charge on any atom is -0.369 e. The number of halogens is 1. The Labute approximate surface area is 95.3 Å². The van der Waals surface area contributed by atoms with Crippen LogP contribution in [0.25, 0.3) is 0 Å². The summed E-state index contributed by atoms with van der Waals surface area (Å²) in [4.78, 5) is 8.12. The van der Waals surface area contributed by atoms with Gasteiger partial charge in [0.2, 0.25) is 0 Å². The number of rotatable bonds is 5. The summed E-state index contributed by atoms with van der Waals surface area (Å²) in [5.41, 5.74) is 0.971. The van der Waals surface area contributed by atoms with E-state index in [4.69, 9.17) is 18.0 Å². The highest BCUT2D eigenvalue weighted by Gasteiger charge is 2.07. The molecule has 1 rings (SSSR count). The molecule has 0 aliphatic carbocycles. The average molecular weight is 224 g/mol. The normalized spacial score (nSPS) is 9.67. The number of aromatic nitrogens is 2. The molecular weight excluding hydrogens is 210 g/mol. The Morgan fingerprint density at radius 2 is 2.33 bits per heavy atom. The molecule has 0 bridgehead atoms. The highest BCUT2D eigenvalue weighted by molar-refractivity contribution is 6.30. The molecule has 0 aliphatic heterocycles. The summed E-state index contributed by atoms with van der Waals surface area (Å²) in [6.45, 7) is 2.80. The molecule has 15 heavy (non-hydrogen) atoms. The number of anilines is 1. The fraction of sp³-hybridized carbons (Fsp3) is 0.455. The van der Waals surface area contributed by atoms with E-state index in [0.717, 1.165) is 24.2 Å². The Morgan fingerprint density at radius 1 is 1.53 bits per heavy atom. The number of nitrogens with zero attached hydrogens (tertiary/aromatic N) is 2. The second-order valence-electron chi connectivity index (χ2n) is 3.12. The minimum atomic E-state index is 0.523. The van der Waals surface area contributed by atoms with E-state index in [-0.39, 0.29) is 0 Å². The van der Waals surface area contributed by atoms with Crippen molar-refractivity contribution >= 4 is 17.4 Å². The van der Waals surface area contributed by atoms with Gasteiger partial charge >= 0.3 is 0 Å². The molecule has 0 atom stereocenters. The number of hydrogen-bond acceptors (Lipinski definition) is 3. The summed E-state index contributed by atoms with van der Waals surface area (Å²) < 4.78 is 0. The maximum Gasteiger partial charge on any atom is 0.137 e. The Bertz CT molecular complexity index is 357. The van der Waals surface area contributed by atoms with Gasteiger partial charge in [-0.2, -0.15) is 0 Å². The molecule has 1 heterocycles. The van der Waals surface area contributed by atoms with E-state index < -0.39 is 0 Å². The van der Waals surface area contributed by atoms with Crippen LogP contribution >= 0.6 is 11.6 Å². The van der Waals surface area contributed by atoms with Crippen LogP contribution in [0, 0.1) is 12.3 Å². The van der Waals surface area contributed by atoms with Gasteiger partial charge in [0, 0.05) is 18.5 Å². The zero-order valence-electron chi connectivity index (χ0n) is 8.76. The molecule has 0 saturated heterocycles.